The second-order valence-corrected chi connectivity index (χ2v) is 5.28. The maximum absolute atomic E-state index is 11.8. The molecule has 0 spiro atoms. The first-order valence-corrected chi connectivity index (χ1v) is 6.38. The Morgan fingerprint density at radius 2 is 2.17 bits per heavy atom. The zero-order chi connectivity index (χ0) is 12.9. The van der Waals surface area contributed by atoms with Gasteiger partial charge in [0.25, 0.3) is 0 Å². The Bertz CT molecular complexity index is 551. The highest BCUT2D eigenvalue weighted by Gasteiger charge is 2.43. The van der Waals surface area contributed by atoms with Crippen LogP contribution in [0, 0.1) is 6.92 Å². The number of urea groups is 1. The van der Waals surface area contributed by atoms with Crippen molar-refractivity contribution in [1.29, 1.82) is 0 Å². The van der Waals surface area contributed by atoms with Gasteiger partial charge in [0, 0.05) is 11.1 Å². The Hall–Kier alpha value is -1.55. The maximum atomic E-state index is 11.8. The van der Waals surface area contributed by atoms with Crippen molar-refractivity contribution in [1.82, 2.24) is 4.90 Å². The van der Waals surface area contributed by atoms with Crippen LogP contribution >= 0.6 is 11.6 Å². The van der Waals surface area contributed by atoms with Gasteiger partial charge in [0.15, 0.2) is 0 Å². The predicted octanol–water partition coefficient (Wildman–Crippen LogP) is 2.64. The molecule has 2 N–H and O–H groups in total. The molecule has 1 heterocycles. The van der Waals surface area contributed by atoms with Gasteiger partial charge in [0.05, 0.1) is 0 Å². The molecule has 2 amide bonds. The van der Waals surface area contributed by atoms with E-state index in [2.05, 4.69) is 4.99 Å². The van der Waals surface area contributed by atoms with E-state index < -0.39 is 0 Å². The Morgan fingerprint density at radius 3 is 2.78 bits per heavy atom. The molecule has 1 fully saturated rings. The summed E-state index contributed by atoms with van der Waals surface area (Å²) < 4.78 is 0. The highest BCUT2D eigenvalue weighted by molar-refractivity contribution is 6.31. The van der Waals surface area contributed by atoms with Crippen LogP contribution in [0.5, 0.6) is 0 Å². The number of rotatable bonds is 2. The highest BCUT2D eigenvalue weighted by Crippen LogP contribution is 2.38. The molecule has 94 valence electrons. The molecule has 0 radical (unpaired) electrons. The molecular formula is C13H14ClN3O. The fraction of sp³-hybridized carbons (Fsp3) is 0.385. The largest absolute Gasteiger partial charge is 0.385 e. The smallest absolute Gasteiger partial charge is 0.346 e. The molecule has 1 aromatic rings. The molecule has 1 saturated carbocycles. The Labute approximate surface area is 110 Å². The molecule has 1 unspecified atom stereocenters. The number of carbonyl (C=O) groups excluding carboxylic acids is 1. The van der Waals surface area contributed by atoms with E-state index in [-0.39, 0.29) is 18.1 Å². The molecule has 5 heteroatoms. The van der Waals surface area contributed by atoms with Crippen LogP contribution in [0.4, 0.5) is 4.79 Å². The summed E-state index contributed by atoms with van der Waals surface area (Å²) >= 11 is 6.14. The van der Waals surface area contributed by atoms with E-state index in [0.29, 0.717) is 10.9 Å². The number of hydrogen-bond acceptors (Lipinski definition) is 2. The minimum atomic E-state index is -0.247. The van der Waals surface area contributed by atoms with E-state index in [1.54, 1.807) is 4.90 Å². The number of aliphatic imine (C=N–C) groups is 1. The maximum Gasteiger partial charge on any atom is 0.346 e. The van der Waals surface area contributed by atoms with Crippen LogP contribution in [-0.2, 0) is 0 Å². The lowest BCUT2D eigenvalue weighted by Crippen LogP contribution is -2.35. The summed E-state index contributed by atoms with van der Waals surface area (Å²) in [6.07, 6.45) is 2.06. The minimum absolute atomic E-state index is 0.225. The van der Waals surface area contributed by atoms with Crippen molar-refractivity contribution in [3.05, 3.63) is 34.3 Å². The zero-order valence-corrected chi connectivity index (χ0v) is 10.8. The average molecular weight is 264 g/mol. The van der Waals surface area contributed by atoms with E-state index in [1.165, 1.54) is 0 Å². The van der Waals surface area contributed by atoms with Gasteiger partial charge in [-0.3, -0.25) is 0 Å². The topological polar surface area (TPSA) is 58.7 Å². The fourth-order valence-corrected chi connectivity index (χ4v) is 2.50. The minimum Gasteiger partial charge on any atom is -0.385 e. The molecule has 18 heavy (non-hydrogen) atoms. The number of amidine groups is 1. The third-order valence-electron chi connectivity index (χ3n) is 3.46. The first-order valence-electron chi connectivity index (χ1n) is 6.00. The van der Waals surface area contributed by atoms with Crippen molar-refractivity contribution in [3.8, 4) is 0 Å². The molecule has 1 atom stereocenters. The summed E-state index contributed by atoms with van der Waals surface area (Å²) in [7, 11) is 0. The molecule has 2 aliphatic rings. The van der Waals surface area contributed by atoms with Crippen molar-refractivity contribution >= 4 is 23.5 Å². The summed E-state index contributed by atoms with van der Waals surface area (Å²) in [6, 6.07) is 5.59. The van der Waals surface area contributed by atoms with Crippen LogP contribution < -0.4 is 5.73 Å². The number of nitrogens with zero attached hydrogens (tertiary/aromatic N) is 2. The zero-order valence-electron chi connectivity index (χ0n) is 10.1. The van der Waals surface area contributed by atoms with Gasteiger partial charge in [-0.2, -0.15) is 4.99 Å². The van der Waals surface area contributed by atoms with Crippen LogP contribution in [0.15, 0.2) is 23.2 Å². The summed E-state index contributed by atoms with van der Waals surface area (Å²) in [5, 5.41) is 0.690. The molecular weight excluding hydrogens is 250 g/mol. The number of halogens is 1. The third kappa shape index (κ3) is 1.77. The number of carbonyl (C=O) groups is 1. The Kier molecular flexibility index (Phi) is 2.55. The molecule has 1 aromatic carbocycles. The standard InChI is InChI=1S/C13H14ClN3O/c1-7-2-3-8(6-10(7)14)11-12(15)16-13(18)17(11)9-4-5-9/h2-3,6,9,11H,4-5H2,1H3,(H2,15,16,18). The average Bonchev–Trinajstić information content (AvgIpc) is 3.09. The monoisotopic (exact) mass is 263 g/mol. The van der Waals surface area contributed by atoms with Crippen molar-refractivity contribution < 1.29 is 4.79 Å². The number of nitrogens with two attached hydrogens (primary N) is 1. The van der Waals surface area contributed by atoms with Crippen molar-refractivity contribution in [3.63, 3.8) is 0 Å². The molecule has 4 nitrogen and oxygen atoms in total. The van der Waals surface area contributed by atoms with Gasteiger partial charge < -0.3 is 10.6 Å². The fourth-order valence-electron chi connectivity index (χ4n) is 2.31. The summed E-state index contributed by atoms with van der Waals surface area (Å²) in [6.45, 7) is 1.95. The van der Waals surface area contributed by atoms with Crippen molar-refractivity contribution in [2.45, 2.75) is 31.8 Å². The quantitative estimate of drug-likeness (QED) is 0.892. The van der Waals surface area contributed by atoms with Crippen LogP contribution in [0.25, 0.3) is 0 Å². The van der Waals surface area contributed by atoms with Crippen molar-refractivity contribution in [2.24, 2.45) is 10.7 Å². The highest BCUT2D eigenvalue weighted by atomic mass is 35.5. The molecule has 1 aliphatic carbocycles. The summed E-state index contributed by atoms with van der Waals surface area (Å²) in [4.78, 5) is 17.5. The van der Waals surface area contributed by atoms with Crippen LogP contribution in [0.3, 0.4) is 0 Å². The normalized spacial score (nSPS) is 23.4. The molecule has 0 saturated heterocycles. The van der Waals surface area contributed by atoms with Gasteiger partial charge in [-0.05, 0) is 37.0 Å². The SMILES string of the molecule is Cc1ccc(C2C(N)=NC(=O)N2C2CC2)cc1Cl. The predicted molar refractivity (Wildman–Crippen MR) is 70.8 cm³/mol. The van der Waals surface area contributed by atoms with E-state index in [9.17, 15) is 4.79 Å². The molecule has 1 aliphatic heterocycles. The molecule has 0 bridgehead atoms. The van der Waals surface area contributed by atoms with Crippen LogP contribution in [-0.4, -0.2) is 22.8 Å². The van der Waals surface area contributed by atoms with E-state index >= 15 is 0 Å². The lowest BCUT2D eigenvalue weighted by molar-refractivity contribution is 0.203. The van der Waals surface area contributed by atoms with E-state index in [1.807, 2.05) is 25.1 Å². The van der Waals surface area contributed by atoms with Crippen LogP contribution in [0.1, 0.15) is 30.0 Å². The summed E-state index contributed by atoms with van der Waals surface area (Å²) in [5.41, 5.74) is 7.84. The lowest BCUT2D eigenvalue weighted by atomic mass is 10.0. The Morgan fingerprint density at radius 1 is 1.44 bits per heavy atom. The number of benzene rings is 1. The second kappa shape index (κ2) is 3.99. The third-order valence-corrected chi connectivity index (χ3v) is 3.86. The van der Waals surface area contributed by atoms with Gasteiger partial charge in [0.1, 0.15) is 11.9 Å². The van der Waals surface area contributed by atoms with Crippen molar-refractivity contribution in [2.75, 3.05) is 0 Å². The first kappa shape index (κ1) is 11.5. The molecule has 0 aromatic heterocycles. The van der Waals surface area contributed by atoms with Gasteiger partial charge in [-0.25, -0.2) is 4.79 Å². The number of aryl methyl sites for hydroxylation is 1. The first-order chi connectivity index (χ1) is 8.58. The Balaban J connectivity index is 2.00. The summed E-state index contributed by atoms with van der Waals surface area (Å²) in [5.74, 6) is 0.367. The van der Waals surface area contributed by atoms with Gasteiger partial charge in [0.2, 0.25) is 0 Å². The van der Waals surface area contributed by atoms with Gasteiger partial charge >= 0.3 is 6.03 Å². The second-order valence-electron chi connectivity index (χ2n) is 4.87. The van der Waals surface area contributed by atoms with Gasteiger partial charge in [-0.1, -0.05) is 23.7 Å². The van der Waals surface area contributed by atoms with E-state index in [0.717, 1.165) is 24.0 Å². The molecule has 3 rings (SSSR count). The van der Waals surface area contributed by atoms with Gasteiger partial charge in [-0.15, -0.1) is 0 Å². The number of hydrogen-bond donors (Lipinski definition) is 1. The lowest BCUT2D eigenvalue weighted by Gasteiger charge is -2.24. The van der Waals surface area contributed by atoms with E-state index in [4.69, 9.17) is 17.3 Å². The number of amides is 2. The van der Waals surface area contributed by atoms with Crippen LogP contribution in [0.2, 0.25) is 5.02 Å².